The Bertz CT molecular complexity index is 1480. The number of fused-ring (bicyclic) bond motifs is 5. The van der Waals surface area contributed by atoms with Gasteiger partial charge in [-0.15, -0.1) is 11.3 Å². The van der Waals surface area contributed by atoms with Crippen molar-refractivity contribution in [3.63, 3.8) is 0 Å². The number of benzene rings is 2. The maximum Gasteiger partial charge on any atom is 0.323 e. The summed E-state index contributed by atoms with van der Waals surface area (Å²) in [5, 5.41) is 4.67. The lowest BCUT2D eigenvalue weighted by Crippen LogP contribution is -2.38. The number of amides is 2. The third-order valence-electron chi connectivity index (χ3n) is 7.11. The molecule has 0 saturated carbocycles. The van der Waals surface area contributed by atoms with Crippen LogP contribution in [-0.2, 0) is 19.5 Å². The average Bonchev–Trinajstić information content (AvgIpc) is 3.46. The van der Waals surface area contributed by atoms with Crippen LogP contribution in [0.5, 0.6) is 5.75 Å². The molecule has 6 rings (SSSR count). The van der Waals surface area contributed by atoms with Gasteiger partial charge in [0.15, 0.2) is 0 Å². The highest BCUT2D eigenvalue weighted by Crippen LogP contribution is 2.43. The molecule has 0 bridgehead atoms. The third kappa shape index (κ3) is 4.29. The molecule has 0 radical (unpaired) electrons. The molecule has 0 saturated heterocycles. The molecular formula is C28H26ClFN4O2S. The molecule has 2 aromatic heterocycles. The van der Waals surface area contributed by atoms with Crippen molar-refractivity contribution in [2.24, 2.45) is 0 Å². The van der Waals surface area contributed by atoms with Gasteiger partial charge in [-0.25, -0.2) is 9.18 Å². The van der Waals surface area contributed by atoms with Crippen LogP contribution in [0, 0.1) is 5.82 Å². The maximum atomic E-state index is 14.1. The van der Waals surface area contributed by atoms with E-state index in [1.807, 2.05) is 17.0 Å². The number of rotatable bonds is 3. The molecule has 4 heterocycles. The predicted molar refractivity (Wildman–Crippen MR) is 144 cm³/mol. The zero-order valence-corrected chi connectivity index (χ0v) is 22.1. The molecule has 1 N–H and O–H groups in total. The molecule has 0 aliphatic carbocycles. The van der Waals surface area contributed by atoms with Crippen LogP contribution in [0.15, 0.2) is 60.8 Å². The van der Waals surface area contributed by atoms with Crippen LogP contribution in [-0.4, -0.2) is 41.1 Å². The first-order valence-electron chi connectivity index (χ1n) is 12.1. The quantitative estimate of drug-likeness (QED) is 0.327. The minimum absolute atomic E-state index is 0.289. The minimum Gasteiger partial charge on any atom is -0.495 e. The standard InChI is InChI=1S/C28H26ClFN4O2S/c1-32-13-11-20-21-15-34(28(35)31-22-14-18(29)7-10-24(22)36-2)26(17-5-8-19(30)9-6-17)23-4-3-12-33(23)27(21)37-25(20)16-32/h3-10,12,14,26H,11,13,15-16H2,1-2H3,(H,31,35). The molecule has 0 spiro atoms. The molecule has 190 valence electrons. The topological polar surface area (TPSA) is 49.7 Å². The first-order chi connectivity index (χ1) is 17.9. The number of carbonyl (C=O) groups is 1. The monoisotopic (exact) mass is 536 g/mol. The summed E-state index contributed by atoms with van der Waals surface area (Å²) in [5.41, 5.74) is 4.77. The Morgan fingerprint density at radius 2 is 1.95 bits per heavy atom. The third-order valence-corrected chi connectivity index (χ3v) is 8.60. The zero-order valence-electron chi connectivity index (χ0n) is 20.5. The van der Waals surface area contributed by atoms with Crippen molar-refractivity contribution in [3.8, 4) is 10.8 Å². The molecular weight excluding hydrogens is 511 g/mol. The largest absolute Gasteiger partial charge is 0.495 e. The Morgan fingerprint density at radius 3 is 2.73 bits per heavy atom. The van der Waals surface area contributed by atoms with Crippen LogP contribution in [0.2, 0.25) is 5.02 Å². The van der Waals surface area contributed by atoms with Gasteiger partial charge in [-0.2, -0.15) is 0 Å². The molecule has 2 amide bonds. The zero-order chi connectivity index (χ0) is 25.7. The molecule has 2 aromatic carbocycles. The highest BCUT2D eigenvalue weighted by Gasteiger charge is 2.36. The number of hydrogen-bond donors (Lipinski definition) is 1. The summed E-state index contributed by atoms with van der Waals surface area (Å²) < 4.78 is 21.6. The van der Waals surface area contributed by atoms with Crippen LogP contribution < -0.4 is 10.1 Å². The molecule has 6 nitrogen and oxygen atoms in total. The van der Waals surface area contributed by atoms with E-state index in [0.717, 1.165) is 35.8 Å². The smallest absolute Gasteiger partial charge is 0.323 e. The normalized spacial score (nSPS) is 17.0. The van der Waals surface area contributed by atoms with E-state index in [9.17, 15) is 9.18 Å². The molecule has 0 fully saturated rings. The molecule has 1 unspecified atom stereocenters. The molecule has 2 aliphatic heterocycles. The summed E-state index contributed by atoms with van der Waals surface area (Å²) in [6.45, 7) is 2.29. The van der Waals surface area contributed by atoms with Crippen LogP contribution in [0.1, 0.15) is 33.3 Å². The van der Waals surface area contributed by atoms with E-state index in [2.05, 4.69) is 28.0 Å². The predicted octanol–water partition coefficient (Wildman–Crippen LogP) is 6.46. The van der Waals surface area contributed by atoms with E-state index in [0.29, 0.717) is 23.0 Å². The number of nitrogens with zero attached hydrogens (tertiary/aromatic N) is 3. The SMILES string of the molecule is COc1ccc(Cl)cc1NC(=O)N1Cc2c(sc3c2CCN(C)C3)-n2cccc2C1c1ccc(F)cc1. The van der Waals surface area contributed by atoms with E-state index in [4.69, 9.17) is 16.3 Å². The van der Waals surface area contributed by atoms with Crippen molar-refractivity contribution in [1.82, 2.24) is 14.4 Å². The molecule has 4 aromatic rings. The number of carbonyl (C=O) groups excluding carboxylic acids is 1. The van der Waals surface area contributed by atoms with Gasteiger partial charge in [0, 0.05) is 34.7 Å². The van der Waals surface area contributed by atoms with E-state index < -0.39 is 6.04 Å². The van der Waals surface area contributed by atoms with Gasteiger partial charge in [-0.05, 0) is 67.1 Å². The van der Waals surface area contributed by atoms with Crippen molar-refractivity contribution < 1.29 is 13.9 Å². The van der Waals surface area contributed by atoms with E-state index >= 15 is 0 Å². The summed E-state index contributed by atoms with van der Waals surface area (Å²) in [5.74, 6) is 0.204. The van der Waals surface area contributed by atoms with Gasteiger partial charge in [0.2, 0.25) is 0 Å². The summed E-state index contributed by atoms with van der Waals surface area (Å²) in [6.07, 6.45) is 2.99. The Hall–Kier alpha value is -3.33. The highest BCUT2D eigenvalue weighted by molar-refractivity contribution is 7.15. The van der Waals surface area contributed by atoms with Crippen molar-refractivity contribution in [1.29, 1.82) is 0 Å². The van der Waals surface area contributed by atoms with Crippen molar-refractivity contribution >= 4 is 34.7 Å². The second kappa shape index (κ2) is 9.52. The maximum absolute atomic E-state index is 14.1. The number of halogens is 2. The summed E-state index contributed by atoms with van der Waals surface area (Å²) in [6, 6.07) is 14.8. The second-order valence-electron chi connectivity index (χ2n) is 9.44. The van der Waals surface area contributed by atoms with Gasteiger partial charge in [-0.3, -0.25) is 0 Å². The number of anilines is 1. The average molecular weight is 537 g/mol. The molecule has 37 heavy (non-hydrogen) atoms. The van der Waals surface area contributed by atoms with Gasteiger partial charge in [0.25, 0.3) is 0 Å². The number of likely N-dealkylation sites (N-methyl/N-ethyl adjacent to an activating group) is 1. The fourth-order valence-electron chi connectivity index (χ4n) is 5.31. The number of nitrogens with one attached hydrogen (secondary N) is 1. The summed E-state index contributed by atoms with van der Waals surface area (Å²) in [4.78, 5) is 19.6. The molecule has 2 aliphatic rings. The lowest BCUT2D eigenvalue weighted by Gasteiger charge is -2.32. The lowest BCUT2D eigenvalue weighted by atomic mass is 10.0. The fourth-order valence-corrected chi connectivity index (χ4v) is 6.93. The first-order valence-corrected chi connectivity index (χ1v) is 13.3. The Morgan fingerprint density at radius 1 is 1.14 bits per heavy atom. The number of aromatic nitrogens is 1. The molecule has 1 atom stereocenters. The van der Waals surface area contributed by atoms with Gasteiger partial charge in [0.1, 0.15) is 16.6 Å². The lowest BCUT2D eigenvalue weighted by molar-refractivity contribution is 0.194. The van der Waals surface area contributed by atoms with Gasteiger partial charge in [0.05, 0.1) is 31.1 Å². The number of methoxy groups -OCH3 is 1. The Kier molecular flexibility index (Phi) is 6.18. The van der Waals surface area contributed by atoms with Crippen LogP contribution in [0.4, 0.5) is 14.9 Å². The number of urea groups is 1. The van der Waals surface area contributed by atoms with Crippen LogP contribution in [0.25, 0.3) is 5.00 Å². The Balaban J connectivity index is 1.49. The Labute approximate surface area is 223 Å². The van der Waals surface area contributed by atoms with Gasteiger partial charge in [-0.1, -0.05) is 23.7 Å². The number of hydrogen-bond acceptors (Lipinski definition) is 4. The second-order valence-corrected chi connectivity index (χ2v) is 11.0. The summed E-state index contributed by atoms with van der Waals surface area (Å²) >= 11 is 8.04. The van der Waals surface area contributed by atoms with Crippen molar-refractivity contribution in [2.75, 3.05) is 26.0 Å². The number of ether oxygens (including phenoxy) is 1. The van der Waals surface area contributed by atoms with Gasteiger partial charge < -0.3 is 24.4 Å². The van der Waals surface area contributed by atoms with E-state index in [1.54, 1.807) is 48.8 Å². The van der Waals surface area contributed by atoms with Crippen molar-refractivity contribution in [2.45, 2.75) is 25.6 Å². The van der Waals surface area contributed by atoms with E-state index in [-0.39, 0.29) is 11.8 Å². The van der Waals surface area contributed by atoms with Gasteiger partial charge >= 0.3 is 6.03 Å². The molecule has 9 heteroatoms. The first kappa shape index (κ1) is 24.0. The van der Waals surface area contributed by atoms with E-state index in [1.165, 1.54) is 28.1 Å². The van der Waals surface area contributed by atoms with Crippen molar-refractivity contribution in [3.05, 3.63) is 98.9 Å². The fraction of sp³-hybridized carbons (Fsp3) is 0.250. The highest BCUT2D eigenvalue weighted by atomic mass is 35.5. The minimum atomic E-state index is -0.428. The number of thiophene rings is 1. The van der Waals surface area contributed by atoms with Crippen LogP contribution in [0.3, 0.4) is 0 Å². The van der Waals surface area contributed by atoms with Crippen LogP contribution >= 0.6 is 22.9 Å². The summed E-state index contributed by atoms with van der Waals surface area (Å²) in [7, 11) is 3.69.